The smallest absolute Gasteiger partial charge is 0.145 e. The molecule has 0 aliphatic rings. The van der Waals surface area contributed by atoms with E-state index in [4.69, 9.17) is 4.42 Å². The fraction of sp³-hybridized carbons (Fsp3) is 0. The van der Waals surface area contributed by atoms with Gasteiger partial charge in [0.2, 0.25) is 0 Å². The molecular formula is C64H41NO. The minimum Gasteiger partial charge on any atom is -0.455 e. The lowest BCUT2D eigenvalue weighted by molar-refractivity contribution is 0.670. The topological polar surface area (TPSA) is 16.4 Å². The van der Waals surface area contributed by atoms with Gasteiger partial charge in [-0.15, -0.1) is 0 Å². The van der Waals surface area contributed by atoms with Gasteiger partial charge in [-0.3, -0.25) is 0 Å². The van der Waals surface area contributed by atoms with Gasteiger partial charge >= 0.3 is 0 Å². The summed E-state index contributed by atoms with van der Waals surface area (Å²) in [6.07, 6.45) is 0. The van der Waals surface area contributed by atoms with Crippen molar-refractivity contribution in [2.75, 3.05) is 4.90 Å². The van der Waals surface area contributed by atoms with Crippen molar-refractivity contribution < 1.29 is 4.42 Å². The van der Waals surface area contributed by atoms with Gasteiger partial charge in [-0.05, 0) is 131 Å². The van der Waals surface area contributed by atoms with E-state index < -0.39 is 0 Å². The summed E-state index contributed by atoms with van der Waals surface area (Å²) in [7, 11) is 0. The van der Waals surface area contributed by atoms with Gasteiger partial charge in [0.25, 0.3) is 0 Å². The highest BCUT2D eigenvalue weighted by atomic mass is 16.3. The second-order valence-electron chi connectivity index (χ2n) is 17.2. The Morgan fingerprint density at radius 2 is 0.742 bits per heavy atom. The Kier molecular flexibility index (Phi) is 8.89. The number of anilines is 3. The SMILES string of the molecule is c1ccc(-c2ccc(-c3cccc(N(c4cccc(-c5ccc6c7ccccc7c7ccccc7c6c5)c4)c4ccc(-c5cccc6ccccc56)c5oc6ccccc6c45)c3)cc2)cc1. The molecule has 0 radical (unpaired) electrons. The van der Waals surface area contributed by atoms with Crippen LogP contribution in [0, 0.1) is 0 Å². The van der Waals surface area contributed by atoms with Crippen molar-refractivity contribution >= 4 is 82.1 Å². The third kappa shape index (κ3) is 6.26. The molecule has 0 saturated heterocycles. The first-order valence-corrected chi connectivity index (χ1v) is 22.7. The van der Waals surface area contributed by atoms with E-state index >= 15 is 0 Å². The molecule has 0 N–H and O–H groups in total. The van der Waals surface area contributed by atoms with Crippen LogP contribution in [0.5, 0.6) is 0 Å². The normalized spacial score (nSPS) is 11.6. The second-order valence-corrected chi connectivity index (χ2v) is 17.2. The van der Waals surface area contributed by atoms with Crippen molar-refractivity contribution in [2.45, 2.75) is 0 Å². The zero-order chi connectivity index (χ0) is 43.6. The molecule has 66 heavy (non-hydrogen) atoms. The number of hydrogen-bond acceptors (Lipinski definition) is 2. The molecule has 0 atom stereocenters. The van der Waals surface area contributed by atoms with E-state index in [1.165, 1.54) is 59.8 Å². The quantitative estimate of drug-likeness (QED) is 0.149. The molecule has 1 aromatic heterocycles. The molecule has 0 amide bonds. The summed E-state index contributed by atoms with van der Waals surface area (Å²) < 4.78 is 6.96. The lowest BCUT2D eigenvalue weighted by Crippen LogP contribution is -2.11. The molecule has 13 rings (SSSR count). The Balaban J connectivity index is 1.02. The summed E-state index contributed by atoms with van der Waals surface area (Å²) >= 11 is 0. The Hall–Kier alpha value is -8.72. The maximum atomic E-state index is 6.96. The first kappa shape index (κ1) is 37.8. The minimum absolute atomic E-state index is 0.860. The minimum atomic E-state index is 0.860. The highest BCUT2D eigenvalue weighted by Crippen LogP contribution is 2.48. The van der Waals surface area contributed by atoms with Crippen molar-refractivity contribution in [3.8, 4) is 44.5 Å². The van der Waals surface area contributed by atoms with Crippen molar-refractivity contribution in [2.24, 2.45) is 0 Å². The van der Waals surface area contributed by atoms with E-state index in [1.807, 2.05) is 0 Å². The summed E-state index contributed by atoms with van der Waals surface area (Å²) in [6.45, 7) is 0. The number of furan rings is 1. The summed E-state index contributed by atoms with van der Waals surface area (Å²) in [5.74, 6) is 0. The first-order chi connectivity index (χ1) is 32.7. The van der Waals surface area contributed by atoms with Crippen LogP contribution in [0.25, 0.3) is 110 Å². The number of hydrogen-bond donors (Lipinski definition) is 0. The van der Waals surface area contributed by atoms with Crippen LogP contribution in [-0.4, -0.2) is 0 Å². The maximum absolute atomic E-state index is 6.96. The molecule has 308 valence electrons. The van der Waals surface area contributed by atoms with Gasteiger partial charge in [-0.25, -0.2) is 0 Å². The van der Waals surface area contributed by atoms with E-state index in [9.17, 15) is 0 Å². The number of nitrogens with zero attached hydrogens (tertiary/aromatic N) is 1. The lowest BCUT2D eigenvalue weighted by atomic mass is 9.92. The van der Waals surface area contributed by atoms with Crippen LogP contribution < -0.4 is 4.90 Å². The Bertz CT molecular complexity index is 3950. The van der Waals surface area contributed by atoms with Crippen LogP contribution in [0.15, 0.2) is 253 Å². The van der Waals surface area contributed by atoms with E-state index in [2.05, 4.69) is 254 Å². The van der Waals surface area contributed by atoms with E-state index in [0.717, 1.165) is 66.8 Å². The number of benzene rings is 12. The summed E-state index contributed by atoms with van der Waals surface area (Å²) in [5, 5.41) is 12.2. The van der Waals surface area contributed by atoms with E-state index in [0.29, 0.717) is 0 Å². The molecule has 0 spiro atoms. The van der Waals surface area contributed by atoms with Gasteiger partial charge < -0.3 is 9.32 Å². The van der Waals surface area contributed by atoms with Gasteiger partial charge in [-0.2, -0.15) is 0 Å². The monoisotopic (exact) mass is 839 g/mol. The Morgan fingerprint density at radius 1 is 0.273 bits per heavy atom. The van der Waals surface area contributed by atoms with Crippen LogP contribution in [0.4, 0.5) is 17.1 Å². The van der Waals surface area contributed by atoms with Gasteiger partial charge in [0.1, 0.15) is 11.2 Å². The predicted molar refractivity (Wildman–Crippen MR) is 280 cm³/mol. The van der Waals surface area contributed by atoms with Crippen molar-refractivity contribution in [1.29, 1.82) is 0 Å². The average molecular weight is 840 g/mol. The molecule has 0 bridgehead atoms. The fourth-order valence-corrected chi connectivity index (χ4v) is 10.3. The zero-order valence-corrected chi connectivity index (χ0v) is 36.0. The maximum Gasteiger partial charge on any atom is 0.145 e. The highest BCUT2D eigenvalue weighted by molar-refractivity contribution is 6.26. The van der Waals surface area contributed by atoms with Crippen LogP contribution in [0.1, 0.15) is 0 Å². The number of fused-ring (bicyclic) bond motifs is 10. The second kappa shape index (κ2) is 15.5. The molecule has 2 nitrogen and oxygen atoms in total. The van der Waals surface area contributed by atoms with E-state index in [-0.39, 0.29) is 0 Å². The van der Waals surface area contributed by atoms with Gasteiger partial charge in [-0.1, -0.05) is 200 Å². The summed E-state index contributed by atoms with van der Waals surface area (Å²) in [4.78, 5) is 2.42. The third-order valence-electron chi connectivity index (χ3n) is 13.4. The standard InChI is InChI=1S/C64H41NO/c1-2-15-42(16-3-1)43-31-33-44(34-32-43)46-19-12-21-49(39-46)65(61-38-37-58(52-29-14-18-45-17-4-5-23-51(45)52)64-63(61)59-28-10-11-30-62(59)66-64)50-22-13-20-47(40-50)48-35-36-57-55-26-7-6-24-53(55)54-25-8-9-27-56(54)60(57)41-48/h1-41H. The molecule has 12 aromatic carbocycles. The van der Waals surface area contributed by atoms with Crippen LogP contribution in [0.3, 0.4) is 0 Å². The fourth-order valence-electron chi connectivity index (χ4n) is 10.3. The molecule has 0 aliphatic heterocycles. The molecule has 13 aromatic rings. The highest BCUT2D eigenvalue weighted by Gasteiger charge is 2.24. The van der Waals surface area contributed by atoms with Crippen molar-refractivity contribution in [1.82, 2.24) is 0 Å². The van der Waals surface area contributed by atoms with Gasteiger partial charge in [0.05, 0.1) is 11.1 Å². The summed E-state index contributed by atoms with van der Waals surface area (Å²) in [6, 6.07) is 90.2. The van der Waals surface area contributed by atoms with E-state index in [1.54, 1.807) is 0 Å². The molecule has 0 unspecified atom stereocenters. The lowest BCUT2D eigenvalue weighted by Gasteiger charge is -2.28. The largest absolute Gasteiger partial charge is 0.455 e. The molecular weight excluding hydrogens is 799 g/mol. The number of rotatable bonds is 7. The zero-order valence-electron chi connectivity index (χ0n) is 36.0. The van der Waals surface area contributed by atoms with Crippen molar-refractivity contribution in [3.63, 3.8) is 0 Å². The van der Waals surface area contributed by atoms with Crippen LogP contribution in [-0.2, 0) is 0 Å². The molecule has 0 fully saturated rings. The average Bonchev–Trinajstić information content (AvgIpc) is 3.79. The Labute approximate surface area is 382 Å². The Morgan fingerprint density at radius 3 is 1.44 bits per heavy atom. The number of para-hydroxylation sites is 1. The molecule has 0 aliphatic carbocycles. The summed E-state index contributed by atoms with van der Waals surface area (Å²) in [5.41, 5.74) is 14.1. The van der Waals surface area contributed by atoms with Crippen LogP contribution in [0.2, 0.25) is 0 Å². The van der Waals surface area contributed by atoms with Crippen LogP contribution >= 0.6 is 0 Å². The van der Waals surface area contributed by atoms with Gasteiger partial charge in [0.15, 0.2) is 0 Å². The van der Waals surface area contributed by atoms with Gasteiger partial charge in [0, 0.05) is 22.3 Å². The molecule has 1 heterocycles. The van der Waals surface area contributed by atoms with Crippen molar-refractivity contribution in [3.05, 3.63) is 249 Å². The third-order valence-corrected chi connectivity index (χ3v) is 13.4. The first-order valence-electron chi connectivity index (χ1n) is 22.7. The molecule has 0 saturated carbocycles. The predicted octanol–water partition coefficient (Wildman–Crippen LogP) is 18.3. The molecule has 2 heteroatoms.